The first-order valence-corrected chi connectivity index (χ1v) is 7.40. The molecule has 21 heavy (non-hydrogen) atoms. The van der Waals surface area contributed by atoms with E-state index in [4.69, 9.17) is 10.5 Å². The van der Waals surface area contributed by atoms with Crippen molar-refractivity contribution in [2.75, 3.05) is 25.5 Å². The molecule has 1 amide bonds. The van der Waals surface area contributed by atoms with E-state index in [-0.39, 0.29) is 18.3 Å². The van der Waals surface area contributed by atoms with Gasteiger partial charge >= 0.3 is 0 Å². The van der Waals surface area contributed by atoms with Crippen LogP contribution in [0.2, 0.25) is 0 Å². The van der Waals surface area contributed by atoms with Crippen LogP contribution < -0.4 is 5.73 Å². The van der Waals surface area contributed by atoms with E-state index < -0.39 is 0 Å². The van der Waals surface area contributed by atoms with Gasteiger partial charge in [-0.3, -0.25) is 4.79 Å². The molecule has 1 saturated carbocycles. The van der Waals surface area contributed by atoms with Gasteiger partial charge in [-0.15, -0.1) is 12.4 Å². The van der Waals surface area contributed by atoms with Gasteiger partial charge in [0, 0.05) is 36.4 Å². The fraction of sp³-hybridized carbons (Fsp3) is 0.562. The second-order valence-corrected chi connectivity index (χ2v) is 5.99. The number of hydrogen-bond acceptors (Lipinski definition) is 3. The van der Waals surface area contributed by atoms with Crippen molar-refractivity contribution in [3.8, 4) is 0 Å². The molecule has 1 heterocycles. The van der Waals surface area contributed by atoms with Crippen LogP contribution in [0.1, 0.15) is 35.2 Å². The van der Waals surface area contributed by atoms with Crippen molar-refractivity contribution in [3.05, 3.63) is 29.3 Å². The van der Waals surface area contributed by atoms with Crippen molar-refractivity contribution in [1.29, 1.82) is 0 Å². The lowest BCUT2D eigenvalue weighted by Crippen LogP contribution is -2.37. The lowest BCUT2D eigenvalue weighted by Gasteiger charge is -2.26. The average molecular weight is 311 g/mol. The highest BCUT2D eigenvalue weighted by Crippen LogP contribution is 2.31. The number of amides is 1. The standard InChI is InChI=1S/C16H22N2O2.ClH/c1-11-2-3-13(17)8-15(11)16(19)18(14-4-5-14)9-12-6-7-20-10-12;/h2-3,8,12,14H,4-7,9-10,17H2,1H3;1H. The molecule has 1 aromatic rings. The number of ether oxygens (including phenoxy) is 1. The SMILES string of the molecule is Cc1ccc(N)cc1C(=O)N(CC1CCOC1)C1CC1.Cl. The predicted molar refractivity (Wildman–Crippen MR) is 85.8 cm³/mol. The number of carbonyl (C=O) groups is 1. The number of nitrogen functional groups attached to an aromatic ring is 1. The Balaban J connectivity index is 0.00000161. The molecule has 1 atom stereocenters. The number of halogens is 1. The van der Waals surface area contributed by atoms with Gasteiger partial charge in [0.15, 0.2) is 0 Å². The minimum Gasteiger partial charge on any atom is -0.399 e. The molecule has 0 aromatic heterocycles. The maximum Gasteiger partial charge on any atom is 0.254 e. The van der Waals surface area contributed by atoms with Crippen LogP contribution in [0.15, 0.2) is 18.2 Å². The molecule has 4 nitrogen and oxygen atoms in total. The molecule has 116 valence electrons. The summed E-state index contributed by atoms with van der Waals surface area (Å²) in [6, 6.07) is 5.99. The molecule has 0 bridgehead atoms. The van der Waals surface area contributed by atoms with Crippen LogP contribution in [-0.4, -0.2) is 36.6 Å². The monoisotopic (exact) mass is 310 g/mol. The summed E-state index contributed by atoms with van der Waals surface area (Å²) in [7, 11) is 0. The topological polar surface area (TPSA) is 55.6 Å². The van der Waals surface area contributed by atoms with Crippen molar-refractivity contribution in [1.82, 2.24) is 4.90 Å². The lowest BCUT2D eigenvalue weighted by atomic mass is 10.0. The van der Waals surface area contributed by atoms with Gasteiger partial charge in [0.05, 0.1) is 6.61 Å². The van der Waals surface area contributed by atoms with Crippen molar-refractivity contribution >= 4 is 24.0 Å². The fourth-order valence-electron chi connectivity index (χ4n) is 2.81. The molecule has 1 aromatic carbocycles. The van der Waals surface area contributed by atoms with Gasteiger partial charge in [-0.2, -0.15) is 0 Å². The smallest absolute Gasteiger partial charge is 0.254 e. The zero-order valence-electron chi connectivity index (χ0n) is 12.4. The minimum atomic E-state index is 0. The van der Waals surface area contributed by atoms with E-state index in [9.17, 15) is 4.79 Å². The molecule has 1 aliphatic carbocycles. The molecule has 1 saturated heterocycles. The largest absolute Gasteiger partial charge is 0.399 e. The summed E-state index contributed by atoms with van der Waals surface area (Å²) in [5.74, 6) is 0.616. The number of aryl methyl sites for hydroxylation is 1. The normalized spacial score (nSPS) is 20.9. The third-order valence-corrected chi connectivity index (χ3v) is 4.22. The summed E-state index contributed by atoms with van der Waals surface area (Å²) in [5, 5.41) is 0. The third-order valence-electron chi connectivity index (χ3n) is 4.22. The molecule has 2 aliphatic rings. The number of anilines is 1. The zero-order chi connectivity index (χ0) is 14.1. The van der Waals surface area contributed by atoms with E-state index in [1.165, 1.54) is 0 Å². The van der Waals surface area contributed by atoms with Gasteiger partial charge in [-0.05, 0) is 43.9 Å². The van der Waals surface area contributed by atoms with Crippen LogP contribution in [0.5, 0.6) is 0 Å². The highest BCUT2D eigenvalue weighted by atomic mass is 35.5. The van der Waals surface area contributed by atoms with E-state index in [1.54, 1.807) is 6.07 Å². The Labute approximate surface area is 132 Å². The van der Waals surface area contributed by atoms with E-state index >= 15 is 0 Å². The van der Waals surface area contributed by atoms with Crippen LogP contribution >= 0.6 is 12.4 Å². The van der Waals surface area contributed by atoms with Crippen LogP contribution in [0.3, 0.4) is 0 Å². The summed E-state index contributed by atoms with van der Waals surface area (Å²) >= 11 is 0. The van der Waals surface area contributed by atoms with Gasteiger partial charge in [0.2, 0.25) is 0 Å². The summed E-state index contributed by atoms with van der Waals surface area (Å²) in [6.07, 6.45) is 3.31. The Bertz CT molecular complexity index is 511. The molecule has 1 aliphatic heterocycles. The Kier molecular flexibility index (Phi) is 5.12. The first-order valence-electron chi connectivity index (χ1n) is 7.40. The molecule has 0 radical (unpaired) electrons. The number of hydrogen-bond donors (Lipinski definition) is 1. The number of benzene rings is 1. The third kappa shape index (κ3) is 3.69. The van der Waals surface area contributed by atoms with Crippen LogP contribution in [-0.2, 0) is 4.74 Å². The fourth-order valence-corrected chi connectivity index (χ4v) is 2.81. The number of rotatable bonds is 4. The van der Waals surface area contributed by atoms with E-state index in [2.05, 4.69) is 0 Å². The summed E-state index contributed by atoms with van der Waals surface area (Å²) in [6.45, 7) is 4.40. The van der Waals surface area contributed by atoms with Crippen molar-refractivity contribution in [2.45, 2.75) is 32.2 Å². The van der Waals surface area contributed by atoms with Crippen LogP contribution in [0.4, 0.5) is 5.69 Å². The zero-order valence-corrected chi connectivity index (χ0v) is 13.2. The quantitative estimate of drug-likeness (QED) is 0.870. The Morgan fingerprint density at radius 3 is 2.76 bits per heavy atom. The minimum absolute atomic E-state index is 0. The number of carbonyl (C=O) groups excluding carboxylic acids is 1. The molecule has 3 rings (SSSR count). The molecule has 1 unspecified atom stereocenters. The summed E-state index contributed by atoms with van der Waals surface area (Å²) < 4.78 is 5.43. The molecular weight excluding hydrogens is 288 g/mol. The maximum atomic E-state index is 12.8. The predicted octanol–water partition coefficient (Wildman–Crippen LogP) is 2.64. The van der Waals surface area contributed by atoms with Crippen molar-refractivity contribution < 1.29 is 9.53 Å². The highest BCUT2D eigenvalue weighted by molar-refractivity contribution is 5.96. The Hall–Kier alpha value is -1.26. The maximum absolute atomic E-state index is 12.8. The van der Waals surface area contributed by atoms with Crippen LogP contribution in [0.25, 0.3) is 0 Å². The number of nitrogens with two attached hydrogens (primary N) is 1. The Morgan fingerprint density at radius 2 is 2.14 bits per heavy atom. The molecule has 0 spiro atoms. The van der Waals surface area contributed by atoms with E-state index in [0.717, 1.165) is 50.1 Å². The van der Waals surface area contributed by atoms with E-state index in [1.807, 2.05) is 24.0 Å². The summed E-state index contributed by atoms with van der Waals surface area (Å²) in [5.41, 5.74) is 8.23. The second-order valence-electron chi connectivity index (χ2n) is 5.99. The van der Waals surface area contributed by atoms with Crippen LogP contribution in [0, 0.1) is 12.8 Å². The molecular formula is C16H23ClN2O2. The van der Waals surface area contributed by atoms with Crippen molar-refractivity contribution in [2.24, 2.45) is 5.92 Å². The van der Waals surface area contributed by atoms with E-state index in [0.29, 0.717) is 17.6 Å². The van der Waals surface area contributed by atoms with Crippen molar-refractivity contribution in [3.63, 3.8) is 0 Å². The summed E-state index contributed by atoms with van der Waals surface area (Å²) in [4.78, 5) is 14.9. The highest BCUT2D eigenvalue weighted by Gasteiger charge is 2.35. The molecule has 2 fully saturated rings. The lowest BCUT2D eigenvalue weighted by molar-refractivity contribution is 0.0705. The van der Waals surface area contributed by atoms with Gasteiger partial charge < -0.3 is 15.4 Å². The molecule has 5 heteroatoms. The van der Waals surface area contributed by atoms with Gasteiger partial charge in [-0.1, -0.05) is 6.07 Å². The van der Waals surface area contributed by atoms with Gasteiger partial charge in [-0.25, -0.2) is 0 Å². The first-order chi connectivity index (χ1) is 9.65. The van der Waals surface area contributed by atoms with Gasteiger partial charge in [0.25, 0.3) is 5.91 Å². The van der Waals surface area contributed by atoms with Gasteiger partial charge in [0.1, 0.15) is 0 Å². The molecule has 2 N–H and O–H groups in total. The Morgan fingerprint density at radius 1 is 1.38 bits per heavy atom. The first kappa shape index (κ1) is 16.1. The average Bonchev–Trinajstić information content (AvgIpc) is 3.15. The number of nitrogens with zero attached hydrogens (tertiary/aromatic N) is 1. The second kappa shape index (κ2) is 6.67.